The van der Waals surface area contributed by atoms with Gasteiger partial charge in [-0.1, -0.05) is 50.3 Å². The lowest BCUT2D eigenvalue weighted by Crippen LogP contribution is -2.44. The molecule has 0 aliphatic carbocycles. The fraction of sp³-hybridized carbons (Fsp3) is 0.833. The summed E-state index contributed by atoms with van der Waals surface area (Å²) in [6, 6.07) is 0.430. The molecule has 2 heterocycles. The van der Waals surface area contributed by atoms with Crippen LogP contribution in [0.2, 0.25) is 0 Å². The van der Waals surface area contributed by atoms with Gasteiger partial charge in [0.25, 0.3) is 0 Å². The number of amides is 1. The number of carbonyl (C=O) groups is 1. The van der Waals surface area contributed by atoms with Crippen molar-refractivity contribution in [3.63, 3.8) is 0 Å². The van der Waals surface area contributed by atoms with E-state index in [2.05, 4.69) is 41.2 Å². The second-order valence-corrected chi connectivity index (χ2v) is 9.09. The highest BCUT2D eigenvalue weighted by Gasteiger charge is 2.25. The Morgan fingerprint density at radius 1 is 1.40 bits per heavy atom. The molecule has 142 valence electrons. The Hall–Kier alpha value is -0.820. The minimum absolute atomic E-state index is 0.245. The first-order valence-corrected chi connectivity index (χ1v) is 11.4. The number of hydrogen-bond donors (Lipinski definition) is 1. The van der Waals surface area contributed by atoms with Gasteiger partial charge in [-0.2, -0.15) is 0 Å². The molecule has 7 heteroatoms. The number of nitrogens with zero attached hydrogens (tertiary/aromatic N) is 3. The van der Waals surface area contributed by atoms with Gasteiger partial charge in [0.15, 0.2) is 4.34 Å². The topological polar surface area (TPSA) is 58.1 Å². The van der Waals surface area contributed by atoms with E-state index in [1.165, 1.54) is 31.0 Å². The fourth-order valence-electron chi connectivity index (χ4n) is 3.15. The van der Waals surface area contributed by atoms with E-state index in [-0.39, 0.29) is 5.91 Å². The number of carbonyl (C=O) groups excluding carboxylic acids is 1. The number of nitrogens with one attached hydrogen (secondary N) is 1. The highest BCUT2D eigenvalue weighted by atomic mass is 32.2. The van der Waals surface area contributed by atoms with Crippen LogP contribution in [0.25, 0.3) is 0 Å². The molecular formula is C18H32N4OS2. The number of anilines is 1. The first kappa shape index (κ1) is 20.5. The number of likely N-dealkylation sites (tertiary alicyclic amines) is 1. The molecule has 1 aliphatic rings. The summed E-state index contributed by atoms with van der Waals surface area (Å²) in [5.41, 5.74) is 0. The summed E-state index contributed by atoms with van der Waals surface area (Å²) in [5.74, 6) is 1.50. The van der Waals surface area contributed by atoms with Gasteiger partial charge >= 0.3 is 0 Å². The molecule has 1 fully saturated rings. The zero-order chi connectivity index (χ0) is 18.1. The van der Waals surface area contributed by atoms with Gasteiger partial charge in [0.05, 0.1) is 5.75 Å². The van der Waals surface area contributed by atoms with E-state index in [0.717, 1.165) is 54.2 Å². The Morgan fingerprint density at radius 2 is 2.24 bits per heavy atom. The van der Waals surface area contributed by atoms with Crippen molar-refractivity contribution in [1.29, 1.82) is 0 Å². The van der Waals surface area contributed by atoms with Crippen LogP contribution in [0.4, 0.5) is 5.13 Å². The smallest absolute Gasteiger partial charge is 0.233 e. The zero-order valence-corrected chi connectivity index (χ0v) is 17.4. The van der Waals surface area contributed by atoms with Crippen LogP contribution in [0.15, 0.2) is 4.34 Å². The Labute approximate surface area is 160 Å². The summed E-state index contributed by atoms with van der Waals surface area (Å²) in [4.78, 5) is 14.6. The molecule has 2 atom stereocenters. The van der Waals surface area contributed by atoms with Crippen LogP contribution in [0.3, 0.4) is 0 Å². The summed E-state index contributed by atoms with van der Waals surface area (Å²) in [7, 11) is 0. The van der Waals surface area contributed by atoms with E-state index in [1.54, 1.807) is 11.3 Å². The van der Waals surface area contributed by atoms with Crippen molar-refractivity contribution in [2.24, 2.45) is 5.92 Å². The average molecular weight is 385 g/mol. The van der Waals surface area contributed by atoms with Gasteiger partial charge in [0.2, 0.25) is 11.0 Å². The monoisotopic (exact) mass is 384 g/mol. The maximum atomic E-state index is 12.5. The largest absolute Gasteiger partial charge is 0.360 e. The lowest BCUT2D eigenvalue weighted by atomic mass is 10.0. The van der Waals surface area contributed by atoms with E-state index in [0.29, 0.717) is 11.8 Å². The van der Waals surface area contributed by atoms with Crippen molar-refractivity contribution >= 4 is 34.1 Å². The molecule has 1 aromatic heterocycles. The minimum Gasteiger partial charge on any atom is -0.360 e. The molecule has 25 heavy (non-hydrogen) atoms. The number of thioether (sulfide) groups is 1. The predicted octanol–water partition coefficient (Wildman–Crippen LogP) is 4.66. The van der Waals surface area contributed by atoms with Crippen LogP contribution in [0.1, 0.15) is 65.7 Å². The summed E-state index contributed by atoms with van der Waals surface area (Å²) < 4.78 is 0.878. The van der Waals surface area contributed by atoms with Crippen molar-refractivity contribution < 1.29 is 4.79 Å². The minimum atomic E-state index is 0.245. The Morgan fingerprint density at radius 3 is 3.00 bits per heavy atom. The number of hydrogen-bond acceptors (Lipinski definition) is 6. The Balaban J connectivity index is 1.70. The van der Waals surface area contributed by atoms with Gasteiger partial charge in [-0.15, -0.1) is 10.2 Å². The standard InChI is InChI=1S/C18H32N4OS2/c1-4-14(3)9-8-11-19-17-20-21-18(25-17)24-13-16(23)22-12-7-6-10-15(22)5-2/h14-15H,4-13H2,1-3H3,(H,19,20)/t14-,15-/m0/s1. The third-order valence-corrected chi connectivity index (χ3v) is 6.99. The summed E-state index contributed by atoms with van der Waals surface area (Å²) >= 11 is 3.07. The molecule has 5 nitrogen and oxygen atoms in total. The van der Waals surface area contributed by atoms with Gasteiger partial charge in [-0.25, -0.2) is 0 Å². The molecule has 0 saturated carbocycles. The van der Waals surface area contributed by atoms with Crippen LogP contribution < -0.4 is 5.32 Å². The van der Waals surface area contributed by atoms with Crippen LogP contribution >= 0.6 is 23.1 Å². The highest BCUT2D eigenvalue weighted by Crippen LogP contribution is 2.27. The highest BCUT2D eigenvalue weighted by molar-refractivity contribution is 8.01. The third kappa shape index (κ3) is 6.77. The molecule has 0 bridgehead atoms. The van der Waals surface area contributed by atoms with Crippen LogP contribution in [-0.4, -0.2) is 45.9 Å². The van der Waals surface area contributed by atoms with Gasteiger partial charge in [-0.05, 0) is 44.4 Å². The Kier molecular flexibility index (Phi) is 9.03. The molecule has 0 aromatic carbocycles. The average Bonchev–Trinajstić information content (AvgIpc) is 3.10. The van der Waals surface area contributed by atoms with Crippen molar-refractivity contribution in [1.82, 2.24) is 15.1 Å². The maximum Gasteiger partial charge on any atom is 0.233 e. The second-order valence-electron chi connectivity index (χ2n) is 6.89. The zero-order valence-electron chi connectivity index (χ0n) is 15.8. The lowest BCUT2D eigenvalue weighted by molar-refractivity contribution is -0.132. The molecule has 2 rings (SSSR count). The SMILES string of the molecule is CC[C@H](C)CCCNc1nnc(SCC(=O)N2CCCC[C@@H]2CC)s1. The molecule has 1 aromatic rings. The first-order chi connectivity index (χ1) is 12.1. The lowest BCUT2D eigenvalue weighted by Gasteiger charge is -2.35. The van der Waals surface area contributed by atoms with Crippen molar-refractivity contribution in [2.75, 3.05) is 24.2 Å². The summed E-state index contributed by atoms with van der Waals surface area (Å²) in [5, 5.41) is 12.6. The Bertz CT molecular complexity index is 523. The normalized spacial score (nSPS) is 19.0. The van der Waals surface area contributed by atoms with Crippen molar-refractivity contribution in [3.05, 3.63) is 0 Å². The van der Waals surface area contributed by atoms with Crippen LogP contribution in [-0.2, 0) is 4.79 Å². The van der Waals surface area contributed by atoms with Gasteiger partial charge in [-0.3, -0.25) is 4.79 Å². The maximum absolute atomic E-state index is 12.5. The second kappa shape index (κ2) is 11.0. The summed E-state index contributed by atoms with van der Waals surface area (Å²) in [6.45, 7) is 8.56. The number of rotatable bonds is 10. The van der Waals surface area contributed by atoms with E-state index >= 15 is 0 Å². The molecule has 0 spiro atoms. The van der Waals surface area contributed by atoms with Gasteiger partial charge in [0.1, 0.15) is 0 Å². The molecule has 1 aliphatic heterocycles. The molecule has 0 radical (unpaired) electrons. The quantitative estimate of drug-likeness (QED) is 0.470. The number of aromatic nitrogens is 2. The fourth-order valence-corrected chi connectivity index (χ4v) is 4.81. The van der Waals surface area contributed by atoms with Crippen molar-refractivity contribution in [3.8, 4) is 0 Å². The van der Waals surface area contributed by atoms with E-state index in [4.69, 9.17) is 0 Å². The third-order valence-electron chi connectivity index (χ3n) is 4.99. The van der Waals surface area contributed by atoms with Crippen LogP contribution in [0, 0.1) is 5.92 Å². The van der Waals surface area contributed by atoms with Crippen LogP contribution in [0.5, 0.6) is 0 Å². The molecular weight excluding hydrogens is 352 g/mol. The molecule has 1 N–H and O–H groups in total. The molecule has 1 amide bonds. The van der Waals surface area contributed by atoms with Crippen molar-refractivity contribution in [2.45, 2.75) is 76.1 Å². The predicted molar refractivity (Wildman–Crippen MR) is 107 cm³/mol. The van der Waals surface area contributed by atoms with Gasteiger partial charge in [0, 0.05) is 19.1 Å². The molecule has 1 saturated heterocycles. The van der Waals surface area contributed by atoms with E-state index in [9.17, 15) is 4.79 Å². The van der Waals surface area contributed by atoms with Gasteiger partial charge < -0.3 is 10.2 Å². The number of piperidine rings is 1. The first-order valence-electron chi connectivity index (χ1n) is 9.63. The molecule has 0 unspecified atom stereocenters. The van der Waals surface area contributed by atoms with E-state index < -0.39 is 0 Å². The summed E-state index contributed by atoms with van der Waals surface area (Å²) in [6.07, 6.45) is 8.23. The van der Waals surface area contributed by atoms with E-state index in [1.807, 2.05) is 0 Å².